The van der Waals surface area contributed by atoms with E-state index in [2.05, 4.69) is 21.2 Å². The lowest BCUT2D eigenvalue weighted by Gasteiger charge is -2.20. The third-order valence-electron chi connectivity index (χ3n) is 4.53. The van der Waals surface area contributed by atoms with Gasteiger partial charge in [0.25, 0.3) is 0 Å². The van der Waals surface area contributed by atoms with Crippen LogP contribution in [0, 0.1) is 0 Å². The van der Waals surface area contributed by atoms with Crippen LogP contribution in [-0.4, -0.2) is 31.6 Å². The van der Waals surface area contributed by atoms with Crippen molar-refractivity contribution in [3.8, 4) is 16.3 Å². The summed E-state index contributed by atoms with van der Waals surface area (Å²) in [5, 5.41) is 17.6. The highest BCUT2D eigenvalue weighted by Crippen LogP contribution is 2.48. The molecule has 0 aliphatic carbocycles. The molecule has 0 bridgehead atoms. The summed E-state index contributed by atoms with van der Waals surface area (Å²) in [6, 6.07) is 13.4. The maximum Gasteiger partial charge on any atom is 0.322 e. The first-order valence-corrected chi connectivity index (χ1v) is 10.9. The number of carboxylic acids is 1. The zero-order valence-electron chi connectivity index (χ0n) is 14.7. The van der Waals surface area contributed by atoms with Crippen molar-refractivity contribution in [2.45, 2.75) is 30.0 Å². The van der Waals surface area contributed by atoms with E-state index in [1.165, 1.54) is 0 Å². The van der Waals surface area contributed by atoms with Crippen LogP contribution in [0.4, 0.5) is 0 Å². The number of nitrogens with zero attached hydrogens (tertiary/aromatic N) is 2. The third-order valence-corrected chi connectivity index (χ3v) is 7.63. The molecule has 1 aromatic carbocycles. The number of hydrogen-bond acceptors (Lipinski definition) is 5. The largest absolute Gasteiger partial charge is 0.480 e. The summed E-state index contributed by atoms with van der Waals surface area (Å²) in [5.74, 6) is -0.828. The van der Waals surface area contributed by atoms with Crippen LogP contribution in [0.5, 0.6) is 0 Å². The molecule has 8 heteroatoms. The molecule has 3 aromatic rings. The molecule has 0 saturated carbocycles. The van der Waals surface area contributed by atoms with Gasteiger partial charge in [-0.05, 0) is 54.0 Å². The average Bonchev–Trinajstić information content (AvgIpc) is 3.31. The topological polar surface area (TPSA) is 67.2 Å². The second-order valence-electron chi connectivity index (χ2n) is 6.86. The minimum absolute atomic E-state index is 0.144. The van der Waals surface area contributed by atoms with Gasteiger partial charge in [0.1, 0.15) is 11.7 Å². The van der Waals surface area contributed by atoms with Gasteiger partial charge in [0.2, 0.25) is 0 Å². The summed E-state index contributed by atoms with van der Waals surface area (Å²) >= 11 is 6.77. The van der Waals surface area contributed by atoms with E-state index in [4.69, 9.17) is 5.10 Å². The van der Waals surface area contributed by atoms with E-state index >= 15 is 0 Å². The molecule has 1 unspecified atom stereocenters. The lowest BCUT2D eigenvalue weighted by atomic mass is 10.0. The fourth-order valence-corrected chi connectivity index (χ4v) is 6.01. The molecular weight excluding hydrogens is 446 g/mol. The molecule has 0 radical (unpaired) electrons. The van der Waals surface area contributed by atoms with Crippen molar-refractivity contribution in [2.75, 3.05) is 0 Å². The van der Waals surface area contributed by atoms with Gasteiger partial charge in [0.05, 0.1) is 19.7 Å². The van der Waals surface area contributed by atoms with Crippen LogP contribution in [0.25, 0.3) is 16.3 Å². The number of thiophene rings is 1. The number of aromatic nitrogens is 2. The summed E-state index contributed by atoms with van der Waals surface area (Å²) in [5.41, 5.74) is 2.84. The van der Waals surface area contributed by atoms with Crippen molar-refractivity contribution in [2.24, 2.45) is 0 Å². The van der Waals surface area contributed by atoms with Gasteiger partial charge in [-0.1, -0.05) is 18.2 Å². The molecule has 5 nitrogen and oxygen atoms in total. The van der Waals surface area contributed by atoms with Crippen LogP contribution in [0.15, 0.2) is 52.4 Å². The van der Waals surface area contributed by atoms with Gasteiger partial charge < -0.3 is 5.11 Å². The Morgan fingerprint density at radius 1 is 1.26 bits per heavy atom. The third kappa shape index (κ3) is 3.59. The van der Waals surface area contributed by atoms with Crippen LogP contribution in [-0.2, 0) is 4.79 Å². The summed E-state index contributed by atoms with van der Waals surface area (Å²) in [6.45, 7) is 3.93. The number of thioether (sulfide) groups is 1. The van der Waals surface area contributed by atoms with E-state index in [1.54, 1.807) is 23.1 Å². The SMILES string of the molecule is CC1(C)SC(c2cn(-c3ccccc3)nc2-c2ccc(Br)s2)N[C@H]1C(=O)O. The van der Waals surface area contributed by atoms with E-state index in [1.807, 2.05) is 67.2 Å². The van der Waals surface area contributed by atoms with Gasteiger partial charge >= 0.3 is 5.97 Å². The smallest absolute Gasteiger partial charge is 0.322 e. The van der Waals surface area contributed by atoms with Crippen molar-refractivity contribution in [1.29, 1.82) is 0 Å². The fraction of sp³-hybridized carbons (Fsp3) is 0.263. The second-order valence-corrected chi connectivity index (χ2v) is 11.1. The Morgan fingerprint density at radius 3 is 2.59 bits per heavy atom. The van der Waals surface area contributed by atoms with E-state index in [0.29, 0.717) is 0 Å². The summed E-state index contributed by atoms with van der Waals surface area (Å²) in [7, 11) is 0. The minimum atomic E-state index is -0.828. The van der Waals surface area contributed by atoms with Crippen LogP contribution in [0.3, 0.4) is 0 Å². The van der Waals surface area contributed by atoms with E-state index < -0.39 is 16.8 Å². The van der Waals surface area contributed by atoms with Crippen molar-refractivity contribution in [3.05, 3.63) is 58.0 Å². The molecule has 0 spiro atoms. The molecule has 27 heavy (non-hydrogen) atoms. The number of hydrogen-bond donors (Lipinski definition) is 2. The van der Waals surface area contributed by atoms with Crippen molar-refractivity contribution >= 4 is 45.0 Å². The number of nitrogens with one attached hydrogen (secondary N) is 1. The van der Waals surface area contributed by atoms with Crippen LogP contribution in [0.2, 0.25) is 0 Å². The maximum atomic E-state index is 11.7. The number of para-hydroxylation sites is 1. The number of carboxylic acid groups (broad SMARTS) is 1. The number of benzene rings is 1. The second kappa shape index (κ2) is 7.09. The van der Waals surface area contributed by atoms with Gasteiger partial charge in [-0.3, -0.25) is 10.1 Å². The molecular formula is C19H18BrN3O2S2. The Labute approximate surface area is 173 Å². The number of aliphatic carboxylic acids is 1. The lowest BCUT2D eigenvalue weighted by Crippen LogP contribution is -2.43. The molecule has 2 N–H and O–H groups in total. The van der Waals surface area contributed by atoms with Crippen LogP contribution >= 0.6 is 39.0 Å². The van der Waals surface area contributed by atoms with Gasteiger partial charge in [-0.2, -0.15) is 5.10 Å². The first-order valence-electron chi connectivity index (χ1n) is 8.42. The van der Waals surface area contributed by atoms with Gasteiger partial charge in [-0.15, -0.1) is 23.1 Å². The zero-order chi connectivity index (χ0) is 19.2. The van der Waals surface area contributed by atoms with Crippen molar-refractivity contribution in [3.63, 3.8) is 0 Å². The van der Waals surface area contributed by atoms with Crippen LogP contribution < -0.4 is 5.32 Å². The van der Waals surface area contributed by atoms with Crippen molar-refractivity contribution in [1.82, 2.24) is 15.1 Å². The average molecular weight is 464 g/mol. The van der Waals surface area contributed by atoms with E-state index in [9.17, 15) is 9.90 Å². The molecule has 1 aliphatic rings. The highest BCUT2D eigenvalue weighted by Gasteiger charge is 2.46. The first kappa shape index (κ1) is 18.7. The molecule has 4 rings (SSSR count). The van der Waals surface area contributed by atoms with Crippen LogP contribution in [0.1, 0.15) is 24.8 Å². The monoisotopic (exact) mass is 463 g/mol. The summed E-state index contributed by atoms with van der Waals surface area (Å²) < 4.78 is 2.48. The highest BCUT2D eigenvalue weighted by molar-refractivity contribution is 9.11. The molecule has 1 saturated heterocycles. The number of halogens is 1. The van der Waals surface area contributed by atoms with Gasteiger partial charge in [-0.25, -0.2) is 4.68 Å². The molecule has 0 amide bonds. The molecule has 2 aromatic heterocycles. The Morgan fingerprint density at radius 2 is 2.00 bits per heavy atom. The predicted molar refractivity (Wildman–Crippen MR) is 114 cm³/mol. The molecule has 2 atom stereocenters. The normalized spacial score (nSPS) is 21.4. The Balaban J connectivity index is 1.80. The Bertz CT molecular complexity index is 984. The minimum Gasteiger partial charge on any atom is -0.480 e. The Hall–Kier alpha value is -1.61. The highest BCUT2D eigenvalue weighted by atomic mass is 79.9. The van der Waals surface area contributed by atoms with Crippen molar-refractivity contribution < 1.29 is 9.90 Å². The molecule has 3 heterocycles. The number of rotatable bonds is 4. The van der Waals surface area contributed by atoms with E-state index in [-0.39, 0.29) is 5.37 Å². The first-order chi connectivity index (χ1) is 12.8. The quantitative estimate of drug-likeness (QED) is 0.573. The standard InChI is InChI=1S/C19H18BrN3O2S2/c1-19(2)16(18(24)25)21-17(27-19)12-10-23(11-6-4-3-5-7-11)22-15(12)13-8-9-14(20)26-13/h3-10,16-17,21H,1-2H3,(H,24,25)/t16-,17?/m0/s1. The summed E-state index contributed by atoms with van der Waals surface area (Å²) in [6.07, 6.45) is 2.00. The molecule has 1 aliphatic heterocycles. The molecule has 140 valence electrons. The van der Waals surface area contributed by atoms with Gasteiger partial charge in [0.15, 0.2) is 0 Å². The number of carbonyl (C=O) groups is 1. The summed E-state index contributed by atoms with van der Waals surface area (Å²) in [4.78, 5) is 12.7. The maximum absolute atomic E-state index is 11.7. The van der Waals surface area contributed by atoms with E-state index in [0.717, 1.165) is 25.6 Å². The zero-order valence-corrected chi connectivity index (χ0v) is 17.9. The molecule has 1 fully saturated rings. The van der Waals surface area contributed by atoms with Gasteiger partial charge in [0, 0.05) is 16.5 Å². The predicted octanol–water partition coefficient (Wildman–Crippen LogP) is 4.93. The Kier molecular flexibility index (Phi) is 4.92. The lowest BCUT2D eigenvalue weighted by molar-refractivity contribution is -0.139. The fourth-order valence-electron chi connectivity index (χ4n) is 3.20.